The molecule has 1 fully saturated rings. The summed E-state index contributed by atoms with van der Waals surface area (Å²) in [7, 11) is 1.79. The maximum atomic E-state index is 12.3. The van der Waals surface area contributed by atoms with Crippen LogP contribution in [-0.4, -0.2) is 54.9 Å². The Hall–Kier alpha value is -1.55. The number of guanidine groups is 1. The van der Waals surface area contributed by atoms with Gasteiger partial charge in [0.05, 0.1) is 6.26 Å². The number of hydrogen-bond donors (Lipinski definition) is 1. The minimum Gasteiger partial charge on any atom is -0.459 e. The number of nitrogens with one attached hydrogen (secondary N) is 1. The van der Waals surface area contributed by atoms with Crippen LogP contribution in [0.15, 0.2) is 44.6 Å². The van der Waals surface area contributed by atoms with Crippen molar-refractivity contribution in [2.45, 2.75) is 6.54 Å². The summed E-state index contributed by atoms with van der Waals surface area (Å²) in [4.78, 5) is 20.6. The summed E-state index contributed by atoms with van der Waals surface area (Å²) in [5.74, 6) is 1.23. The summed E-state index contributed by atoms with van der Waals surface area (Å²) in [6.07, 6.45) is 1.53. The molecular weight excluding hydrogens is 439 g/mol. The van der Waals surface area contributed by atoms with Crippen molar-refractivity contribution in [1.82, 2.24) is 15.1 Å². The standard InChI is InChI=1S/C16H20N4O2S.HI/c1-17-16(18-11-13-4-10-23-12-13)20-7-5-19(6-8-20)15(21)14-3-2-9-22-14;/h2-4,9-10,12H,5-8,11H2,1H3,(H,17,18);1H. The predicted molar refractivity (Wildman–Crippen MR) is 106 cm³/mol. The number of carbonyl (C=O) groups is 1. The van der Waals surface area contributed by atoms with Crippen molar-refractivity contribution >= 4 is 47.2 Å². The van der Waals surface area contributed by atoms with Crippen LogP contribution in [-0.2, 0) is 6.54 Å². The number of carbonyl (C=O) groups excluding carboxylic acids is 1. The van der Waals surface area contributed by atoms with Crippen molar-refractivity contribution in [3.8, 4) is 0 Å². The molecule has 3 heterocycles. The van der Waals surface area contributed by atoms with E-state index in [0.29, 0.717) is 18.8 Å². The summed E-state index contributed by atoms with van der Waals surface area (Å²) in [5.41, 5.74) is 1.25. The molecule has 3 rings (SSSR count). The number of hydrogen-bond acceptors (Lipinski definition) is 4. The first kappa shape index (κ1) is 18.8. The SMILES string of the molecule is CN=C(NCc1ccsc1)N1CCN(C(=O)c2ccco2)CC1.I. The molecule has 1 aliphatic heterocycles. The fourth-order valence-corrected chi connectivity index (χ4v) is 3.25. The van der Waals surface area contributed by atoms with E-state index in [4.69, 9.17) is 4.42 Å². The molecule has 0 aromatic carbocycles. The van der Waals surface area contributed by atoms with Crippen molar-refractivity contribution in [3.63, 3.8) is 0 Å². The lowest BCUT2D eigenvalue weighted by molar-refractivity contribution is 0.0657. The number of halogens is 1. The second-order valence-electron chi connectivity index (χ2n) is 5.29. The third-order valence-corrected chi connectivity index (χ3v) is 4.57. The normalized spacial score (nSPS) is 15.1. The monoisotopic (exact) mass is 460 g/mol. The van der Waals surface area contributed by atoms with Crippen molar-refractivity contribution in [2.24, 2.45) is 4.99 Å². The van der Waals surface area contributed by atoms with Crippen molar-refractivity contribution < 1.29 is 9.21 Å². The highest BCUT2D eigenvalue weighted by atomic mass is 127. The maximum Gasteiger partial charge on any atom is 0.289 e. The predicted octanol–water partition coefficient (Wildman–Crippen LogP) is 2.49. The summed E-state index contributed by atoms with van der Waals surface area (Å²) in [6, 6.07) is 5.54. The highest BCUT2D eigenvalue weighted by Gasteiger charge is 2.25. The van der Waals surface area contributed by atoms with Crippen molar-refractivity contribution in [2.75, 3.05) is 33.2 Å². The van der Waals surface area contributed by atoms with Gasteiger partial charge in [-0.25, -0.2) is 0 Å². The number of nitrogens with zero attached hydrogens (tertiary/aromatic N) is 3. The number of piperazine rings is 1. The Bertz CT molecular complexity index is 650. The van der Waals surface area contributed by atoms with Gasteiger partial charge in [0.15, 0.2) is 11.7 Å². The maximum absolute atomic E-state index is 12.3. The molecule has 130 valence electrons. The van der Waals surface area contributed by atoms with Gasteiger partial charge in [-0.3, -0.25) is 9.79 Å². The van der Waals surface area contributed by atoms with Crippen LogP contribution in [0.3, 0.4) is 0 Å². The minimum atomic E-state index is -0.0455. The first-order valence-corrected chi connectivity index (χ1v) is 8.51. The van der Waals surface area contributed by atoms with E-state index < -0.39 is 0 Å². The van der Waals surface area contributed by atoms with E-state index in [1.165, 1.54) is 11.8 Å². The molecule has 0 radical (unpaired) electrons. The summed E-state index contributed by atoms with van der Waals surface area (Å²) in [5, 5.41) is 7.57. The van der Waals surface area contributed by atoms with Crippen LogP contribution in [0.1, 0.15) is 16.1 Å². The van der Waals surface area contributed by atoms with E-state index in [2.05, 4.69) is 32.0 Å². The lowest BCUT2D eigenvalue weighted by Gasteiger charge is -2.36. The Morgan fingerprint density at radius 3 is 2.62 bits per heavy atom. The van der Waals surface area contributed by atoms with E-state index in [9.17, 15) is 4.79 Å². The van der Waals surface area contributed by atoms with Crippen LogP contribution in [0.2, 0.25) is 0 Å². The van der Waals surface area contributed by atoms with Gasteiger partial charge in [-0.2, -0.15) is 11.3 Å². The zero-order valence-electron chi connectivity index (χ0n) is 13.5. The van der Waals surface area contributed by atoms with Gasteiger partial charge in [0.1, 0.15) is 0 Å². The first-order chi connectivity index (χ1) is 11.3. The fourth-order valence-electron chi connectivity index (χ4n) is 2.58. The molecule has 2 aromatic heterocycles. The van der Waals surface area contributed by atoms with Gasteiger partial charge < -0.3 is 19.5 Å². The molecule has 1 saturated heterocycles. The van der Waals surface area contributed by atoms with Gasteiger partial charge >= 0.3 is 0 Å². The second kappa shape index (κ2) is 9.07. The number of aliphatic imine (C=N–C) groups is 1. The molecule has 6 nitrogen and oxygen atoms in total. The third kappa shape index (κ3) is 4.50. The van der Waals surface area contributed by atoms with Crippen molar-refractivity contribution in [3.05, 3.63) is 46.5 Å². The van der Waals surface area contributed by atoms with Crippen LogP contribution in [0, 0.1) is 0 Å². The molecule has 0 spiro atoms. The van der Waals surface area contributed by atoms with Crippen LogP contribution in [0.4, 0.5) is 0 Å². The molecular formula is C16H21IN4O2S. The Labute approximate surface area is 162 Å². The molecule has 8 heteroatoms. The Kier molecular flexibility index (Phi) is 7.10. The van der Waals surface area contributed by atoms with E-state index in [1.54, 1.807) is 30.5 Å². The largest absolute Gasteiger partial charge is 0.459 e. The zero-order valence-corrected chi connectivity index (χ0v) is 16.6. The van der Waals surface area contributed by atoms with Gasteiger partial charge in [-0.1, -0.05) is 0 Å². The van der Waals surface area contributed by atoms with E-state index in [0.717, 1.165) is 25.6 Å². The van der Waals surface area contributed by atoms with Gasteiger partial charge in [-0.05, 0) is 34.5 Å². The Balaban J connectivity index is 0.00000208. The molecule has 24 heavy (non-hydrogen) atoms. The highest BCUT2D eigenvalue weighted by Crippen LogP contribution is 2.10. The molecule has 1 aliphatic rings. The lowest BCUT2D eigenvalue weighted by atomic mass is 10.3. The number of thiophene rings is 1. The summed E-state index contributed by atoms with van der Waals surface area (Å²) < 4.78 is 5.18. The molecule has 0 aliphatic carbocycles. The van der Waals surface area contributed by atoms with Crippen LogP contribution in [0.25, 0.3) is 0 Å². The topological polar surface area (TPSA) is 61.1 Å². The average Bonchev–Trinajstić information content (AvgIpc) is 3.29. The molecule has 1 amide bonds. The van der Waals surface area contributed by atoms with Crippen LogP contribution in [0.5, 0.6) is 0 Å². The molecule has 0 atom stereocenters. The second-order valence-corrected chi connectivity index (χ2v) is 6.07. The first-order valence-electron chi connectivity index (χ1n) is 7.57. The molecule has 1 N–H and O–H groups in total. The van der Waals surface area contributed by atoms with E-state index >= 15 is 0 Å². The summed E-state index contributed by atoms with van der Waals surface area (Å²) in [6.45, 7) is 3.62. The average molecular weight is 460 g/mol. The number of furan rings is 1. The quantitative estimate of drug-likeness (QED) is 0.435. The van der Waals surface area contributed by atoms with Crippen LogP contribution >= 0.6 is 35.3 Å². The van der Waals surface area contributed by atoms with Gasteiger partial charge in [0, 0.05) is 39.8 Å². The molecule has 0 saturated carbocycles. The fraction of sp³-hybridized carbons (Fsp3) is 0.375. The summed E-state index contributed by atoms with van der Waals surface area (Å²) >= 11 is 1.69. The lowest BCUT2D eigenvalue weighted by Crippen LogP contribution is -2.53. The van der Waals surface area contributed by atoms with Crippen molar-refractivity contribution in [1.29, 1.82) is 0 Å². The Morgan fingerprint density at radius 2 is 2.04 bits per heavy atom. The van der Waals surface area contributed by atoms with Gasteiger partial charge in [-0.15, -0.1) is 24.0 Å². The van der Waals surface area contributed by atoms with Gasteiger partial charge in [0.2, 0.25) is 0 Å². The van der Waals surface area contributed by atoms with E-state index in [1.807, 2.05) is 4.90 Å². The minimum absolute atomic E-state index is 0. The van der Waals surface area contributed by atoms with Crippen LogP contribution < -0.4 is 5.32 Å². The molecule has 2 aromatic rings. The number of amides is 1. The molecule has 0 bridgehead atoms. The third-order valence-electron chi connectivity index (χ3n) is 3.84. The zero-order chi connectivity index (χ0) is 16.1. The number of rotatable bonds is 3. The smallest absolute Gasteiger partial charge is 0.289 e. The van der Waals surface area contributed by atoms with E-state index in [-0.39, 0.29) is 29.9 Å². The Morgan fingerprint density at radius 1 is 1.29 bits per heavy atom. The molecule has 0 unspecified atom stereocenters. The van der Waals surface area contributed by atoms with Gasteiger partial charge in [0.25, 0.3) is 5.91 Å². The highest BCUT2D eigenvalue weighted by molar-refractivity contribution is 14.0.